The van der Waals surface area contributed by atoms with Gasteiger partial charge in [0.15, 0.2) is 0 Å². The fraction of sp³-hybridized carbons (Fsp3) is 0.444. The van der Waals surface area contributed by atoms with Gasteiger partial charge in [-0.2, -0.15) is 0 Å². The molecule has 6 atom stereocenters. The number of hydrogen-bond acceptors (Lipinski definition) is 5. The lowest BCUT2D eigenvalue weighted by Crippen LogP contribution is -2.53. The first-order chi connectivity index (χ1) is 17.3. The predicted molar refractivity (Wildman–Crippen MR) is 144 cm³/mol. The number of alkyl halides is 1. The minimum absolute atomic E-state index is 0.00333. The van der Waals surface area contributed by atoms with Crippen molar-refractivity contribution in [3.8, 4) is 0 Å². The van der Waals surface area contributed by atoms with Gasteiger partial charge < -0.3 is 20.6 Å². The van der Waals surface area contributed by atoms with Gasteiger partial charge in [0.05, 0.1) is 23.2 Å². The fourth-order valence-corrected chi connectivity index (χ4v) is 9.80. The second kappa shape index (κ2) is 9.84. The monoisotopic (exact) mass is 571 g/mol. The number of para-hydroxylation sites is 1. The number of thioether (sulfide) groups is 1. The summed E-state index contributed by atoms with van der Waals surface area (Å²) in [4.78, 5) is 42.6. The highest BCUT2D eigenvalue weighted by Crippen LogP contribution is 2.67. The van der Waals surface area contributed by atoms with Crippen molar-refractivity contribution >= 4 is 51.1 Å². The topological polar surface area (TPSA) is 98.7 Å². The zero-order valence-electron chi connectivity index (χ0n) is 20.2. The number of amides is 3. The molecule has 1 spiro atoms. The van der Waals surface area contributed by atoms with Crippen LogP contribution in [0.15, 0.2) is 48.5 Å². The number of rotatable bonds is 7. The summed E-state index contributed by atoms with van der Waals surface area (Å²) in [7, 11) is 0. The number of aliphatic hydroxyl groups is 1. The maximum atomic E-state index is 13.9. The normalized spacial score (nSPS) is 30.4. The summed E-state index contributed by atoms with van der Waals surface area (Å²) in [5.41, 5.74) is 3.60. The molecule has 190 valence electrons. The third kappa shape index (κ3) is 4.05. The van der Waals surface area contributed by atoms with E-state index in [1.54, 1.807) is 11.8 Å². The molecule has 3 fully saturated rings. The first kappa shape index (κ1) is 25.3. The molecule has 0 aromatic heterocycles. The van der Waals surface area contributed by atoms with E-state index in [1.807, 2.05) is 62.4 Å². The van der Waals surface area contributed by atoms with Crippen molar-refractivity contribution in [3.05, 3.63) is 65.2 Å². The molecule has 36 heavy (non-hydrogen) atoms. The zero-order valence-corrected chi connectivity index (χ0v) is 22.6. The lowest BCUT2D eigenvalue weighted by molar-refractivity contribution is -0.139. The summed E-state index contributed by atoms with van der Waals surface area (Å²) >= 11 is 5.36. The second-order valence-corrected chi connectivity index (χ2v) is 12.6. The smallest absolute Gasteiger partial charge is 0.248 e. The summed E-state index contributed by atoms with van der Waals surface area (Å²) in [5.74, 6) is -1.82. The molecule has 0 aliphatic carbocycles. The molecule has 3 saturated heterocycles. The lowest BCUT2D eigenvalue weighted by atomic mass is 9.70. The molecule has 3 aliphatic rings. The van der Waals surface area contributed by atoms with Crippen molar-refractivity contribution < 1.29 is 19.5 Å². The molecule has 0 radical (unpaired) electrons. The Morgan fingerprint density at radius 1 is 1.11 bits per heavy atom. The van der Waals surface area contributed by atoms with Gasteiger partial charge in [0.2, 0.25) is 17.7 Å². The van der Waals surface area contributed by atoms with Crippen molar-refractivity contribution in [1.29, 1.82) is 0 Å². The van der Waals surface area contributed by atoms with Gasteiger partial charge in [0.25, 0.3) is 0 Å². The number of halogens is 1. The van der Waals surface area contributed by atoms with Gasteiger partial charge in [-0.15, -0.1) is 11.8 Å². The Balaban J connectivity index is 1.46. The van der Waals surface area contributed by atoms with Crippen molar-refractivity contribution in [2.75, 3.05) is 18.5 Å². The SMILES string of the molecule is Cc1cccc(C)c1NC(=O)C1N(CCO)C(=O)[C@@H]2[C@@H](C(=O)NCc3ccccc3)[C@@H]3SC12CC3Br. The standard InChI is InChI=1S/C27H30BrN3O4S/c1-15-7-6-8-16(2)21(15)30-25(34)23-27-13-18(28)22(36-27)19(20(27)26(35)31(23)11-12-32)24(33)29-14-17-9-4-3-5-10-17/h3-10,18-20,22-23,32H,11-14H2,1-2H3,(H,29,33)(H,30,34)/t18?,19-,20+,22-,23?,27?/m1/s1. The highest BCUT2D eigenvalue weighted by atomic mass is 79.9. The summed E-state index contributed by atoms with van der Waals surface area (Å²) in [6, 6.07) is 14.7. The van der Waals surface area contributed by atoms with E-state index in [-0.39, 0.29) is 41.0 Å². The van der Waals surface area contributed by atoms with Crippen LogP contribution in [0, 0.1) is 25.7 Å². The first-order valence-electron chi connectivity index (χ1n) is 12.2. The van der Waals surface area contributed by atoms with Gasteiger partial charge in [-0.1, -0.05) is 64.5 Å². The number of aliphatic hydroxyl groups excluding tert-OH is 1. The molecule has 2 bridgehead atoms. The van der Waals surface area contributed by atoms with E-state index >= 15 is 0 Å². The maximum absolute atomic E-state index is 13.9. The van der Waals surface area contributed by atoms with E-state index < -0.39 is 22.6 Å². The second-order valence-electron chi connectivity index (χ2n) is 9.88. The van der Waals surface area contributed by atoms with Crippen LogP contribution in [0.2, 0.25) is 0 Å². The van der Waals surface area contributed by atoms with Gasteiger partial charge in [0.1, 0.15) is 6.04 Å². The Morgan fingerprint density at radius 2 is 1.81 bits per heavy atom. The number of β-amino-alcohol motifs (C(OH)–C–C–N with tert-alkyl or cyclic N) is 1. The molecule has 5 rings (SSSR count). The zero-order chi connectivity index (χ0) is 25.6. The Kier molecular flexibility index (Phi) is 6.91. The quantitative estimate of drug-likeness (QED) is 0.444. The largest absolute Gasteiger partial charge is 0.395 e. The predicted octanol–water partition coefficient (Wildman–Crippen LogP) is 3.02. The van der Waals surface area contributed by atoms with Crippen molar-refractivity contribution in [3.63, 3.8) is 0 Å². The highest BCUT2D eigenvalue weighted by molar-refractivity contribution is 9.09. The first-order valence-corrected chi connectivity index (χ1v) is 14.0. The number of carbonyl (C=O) groups excluding carboxylic acids is 3. The van der Waals surface area contributed by atoms with Crippen molar-refractivity contribution in [2.45, 2.75) is 47.7 Å². The molecule has 3 amide bonds. The van der Waals surface area contributed by atoms with Crippen LogP contribution >= 0.6 is 27.7 Å². The van der Waals surface area contributed by atoms with Crippen LogP contribution in [0.3, 0.4) is 0 Å². The summed E-state index contributed by atoms with van der Waals surface area (Å²) in [6.45, 7) is 4.06. The van der Waals surface area contributed by atoms with Gasteiger partial charge in [0, 0.05) is 28.9 Å². The van der Waals surface area contributed by atoms with E-state index in [0.717, 1.165) is 22.4 Å². The lowest BCUT2D eigenvalue weighted by Gasteiger charge is -2.35. The van der Waals surface area contributed by atoms with Gasteiger partial charge in [-0.05, 0) is 37.0 Å². The van der Waals surface area contributed by atoms with Crippen LogP contribution in [0.5, 0.6) is 0 Å². The summed E-state index contributed by atoms with van der Waals surface area (Å²) in [5, 5.41) is 15.8. The number of likely N-dealkylation sites (tertiary alicyclic amines) is 1. The van der Waals surface area contributed by atoms with E-state index in [0.29, 0.717) is 13.0 Å². The van der Waals surface area contributed by atoms with Gasteiger partial charge in [-0.3, -0.25) is 14.4 Å². The van der Waals surface area contributed by atoms with Crippen LogP contribution < -0.4 is 10.6 Å². The molecule has 3 heterocycles. The Bertz CT molecular complexity index is 1170. The van der Waals surface area contributed by atoms with Gasteiger partial charge >= 0.3 is 0 Å². The van der Waals surface area contributed by atoms with Crippen molar-refractivity contribution in [2.24, 2.45) is 11.8 Å². The van der Waals surface area contributed by atoms with E-state index in [9.17, 15) is 19.5 Å². The minimum atomic E-state index is -0.775. The Hall–Kier alpha value is -2.36. The molecule has 9 heteroatoms. The molecule has 0 saturated carbocycles. The number of benzene rings is 2. The Labute approximate surface area is 223 Å². The molecular weight excluding hydrogens is 542 g/mol. The Morgan fingerprint density at radius 3 is 2.47 bits per heavy atom. The number of carbonyl (C=O) groups is 3. The van der Waals surface area contributed by atoms with E-state index in [4.69, 9.17) is 0 Å². The van der Waals surface area contributed by atoms with Crippen LogP contribution in [-0.2, 0) is 20.9 Å². The number of nitrogens with zero attached hydrogens (tertiary/aromatic N) is 1. The maximum Gasteiger partial charge on any atom is 0.248 e. The van der Waals surface area contributed by atoms with Gasteiger partial charge in [-0.25, -0.2) is 0 Å². The summed E-state index contributed by atoms with van der Waals surface area (Å²) in [6.07, 6.45) is 0.605. The highest BCUT2D eigenvalue weighted by Gasteiger charge is 2.75. The molecule has 2 aromatic carbocycles. The molecule has 3 aliphatic heterocycles. The molecule has 3 unspecified atom stereocenters. The van der Waals surface area contributed by atoms with E-state index in [1.165, 1.54) is 4.90 Å². The average Bonchev–Trinajstić information content (AvgIpc) is 3.44. The van der Waals surface area contributed by atoms with Crippen LogP contribution in [0.25, 0.3) is 0 Å². The number of anilines is 1. The molecule has 2 aromatic rings. The number of aryl methyl sites for hydroxylation is 2. The number of fused-ring (bicyclic) bond motifs is 1. The van der Waals surface area contributed by atoms with Crippen molar-refractivity contribution in [1.82, 2.24) is 10.2 Å². The van der Waals surface area contributed by atoms with Crippen LogP contribution in [-0.4, -0.2) is 61.7 Å². The fourth-order valence-electron chi connectivity index (χ4n) is 6.18. The molecular formula is C27H30BrN3O4S. The van der Waals surface area contributed by atoms with Crippen LogP contribution in [0.4, 0.5) is 5.69 Å². The number of nitrogens with one attached hydrogen (secondary N) is 2. The molecule has 7 nitrogen and oxygen atoms in total. The summed E-state index contributed by atoms with van der Waals surface area (Å²) < 4.78 is -0.736. The van der Waals surface area contributed by atoms with E-state index in [2.05, 4.69) is 26.6 Å². The third-order valence-electron chi connectivity index (χ3n) is 7.72. The average molecular weight is 573 g/mol. The minimum Gasteiger partial charge on any atom is -0.395 e. The third-order valence-corrected chi connectivity index (χ3v) is 10.9. The molecule has 3 N–H and O–H groups in total. The number of hydrogen-bond donors (Lipinski definition) is 3. The van der Waals surface area contributed by atoms with Crippen LogP contribution in [0.1, 0.15) is 23.1 Å².